The van der Waals surface area contributed by atoms with Gasteiger partial charge in [-0.3, -0.25) is 9.59 Å². The first-order chi connectivity index (χ1) is 13.4. The third-order valence-electron chi connectivity index (χ3n) is 5.78. The van der Waals surface area contributed by atoms with E-state index in [-0.39, 0.29) is 24.3 Å². The summed E-state index contributed by atoms with van der Waals surface area (Å²) in [5.74, 6) is 0.924. The van der Waals surface area contributed by atoms with E-state index < -0.39 is 12.1 Å². The van der Waals surface area contributed by atoms with E-state index in [0.29, 0.717) is 18.1 Å². The van der Waals surface area contributed by atoms with Crippen LogP contribution in [0, 0.1) is 18.8 Å². The van der Waals surface area contributed by atoms with Gasteiger partial charge in [-0.1, -0.05) is 43.3 Å². The number of hydrogen-bond donors (Lipinski definition) is 1. The van der Waals surface area contributed by atoms with Gasteiger partial charge in [-0.05, 0) is 49.1 Å². The van der Waals surface area contributed by atoms with Crippen LogP contribution in [0.2, 0.25) is 0 Å². The summed E-state index contributed by atoms with van der Waals surface area (Å²) in [6.07, 6.45) is 2.26. The van der Waals surface area contributed by atoms with Gasteiger partial charge in [0.15, 0.2) is 5.76 Å². The molecule has 0 saturated carbocycles. The summed E-state index contributed by atoms with van der Waals surface area (Å²) in [5.41, 5.74) is 3.32. The van der Waals surface area contributed by atoms with Crippen molar-refractivity contribution in [3.05, 3.63) is 52.9 Å². The van der Waals surface area contributed by atoms with Crippen molar-refractivity contribution in [2.75, 3.05) is 0 Å². The molecule has 2 aromatic rings. The van der Waals surface area contributed by atoms with Crippen LogP contribution in [0.15, 0.2) is 34.9 Å². The van der Waals surface area contributed by atoms with Gasteiger partial charge in [-0.15, -0.1) is 0 Å². The molecular formula is C22H27N3O3. The van der Waals surface area contributed by atoms with Crippen molar-refractivity contribution in [3.8, 4) is 0 Å². The number of amides is 2. The molecule has 0 bridgehead atoms. The lowest BCUT2D eigenvalue weighted by atomic mass is 9.90. The third kappa shape index (κ3) is 3.55. The molecule has 1 aliphatic carbocycles. The van der Waals surface area contributed by atoms with E-state index in [4.69, 9.17) is 4.52 Å². The second-order valence-electron chi connectivity index (χ2n) is 8.47. The van der Waals surface area contributed by atoms with Crippen LogP contribution in [0.3, 0.4) is 0 Å². The highest BCUT2D eigenvalue weighted by Gasteiger charge is 2.45. The highest BCUT2D eigenvalue weighted by atomic mass is 16.5. The predicted molar refractivity (Wildman–Crippen MR) is 104 cm³/mol. The molecule has 0 unspecified atom stereocenters. The Hall–Kier alpha value is -2.63. The number of nitrogens with one attached hydrogen (secondary N) is 1. The first-order valence-electron chi connectivity index (χ1n) is 10.0. The summed E-state index contributed by atoms with van der Waals surface area (Å²) in [7, 11) is 0. The Bertz CT molecular complexity index is 864. The lowest BCUT2D eigenvalue weighted by Gasteiger charge is -2.41. The topological polar surface area (TPSA) is 75.4 Å². The predicted octanol–water partition coefficient (Wildman–Crippen LogP) is 2.64. The fraction of sp³-hybridized carbons (Fsp3) is 0.500. The fourth-order valence-electron chi connectivity index (χ4n) is 4.46. The zero-order valence-corrected chi connectivity index (χ0v) is 16.6. The van der Waals surface area contributed by atoms with Crippen LogP contribution in [0.5, 0.6) is 0 Å². The Morgan fingerprint density at radius 1 is 1.21 bits per heavy atom. The molecule has 2 atom stereocenters. The summed E-state index contributed by atoms with van der Waals surface area (Å²) in [6.45, 7) is 6.25. The monoisotopic (exact) mass is 381 g/mol. The maximum atomic E-state index is 13.5. The van der Waals surface area contributed by atoms with Crippen LogP contribution in [0.25, 0.3) is 0 Å². The van der Waals surface area contributed by atoms with Crippen LogP contribution in [0.1, 0.15) is 42.8 Å². The van der Waals surface area contributed by atoms with Crippen LogP contribution in [0.4, 0.5) is 0 Å². The van der Waals surface area contributed by atoms with Crippen molar-refractivity contribution >= 4 is 11.8 Å². The maximum absolute atomic E-state index is 13.5. The lowest BCUT2D eigenvalue weighted by Crippen LogP contribution is -2.65. The Morgan fingerprint density at radius 3 is 2.46 bits per heavy atom. The zero-order valence-electron chi connectivity index (χ0n) is 16.6. The summed E-state index contributed by atoms with van der Waals surface area (Å²) in [4.78, 5) is 28.1. The molecule has 0 radical (unpaired) electrons. The summed E-state index contributed by atoms with van der Waals surface area (Å²) < 4.78 is 5.34. The Labute approximate surface area is 165 Å². The van der Waals surface area contributed by atoms with E-state index in [1.165, 1.54) is 11.1 Å². The number of carbonyl (C=O) groups excluding carboxylic acids is 2. The maximum Gasteiger partial charge on any atom is 0.246 e. The molecule has 1 aliphatic heterocycles. The van der Waals surface area contributed by atoms with Crippen molar-refractivity contribution in [1.29, 1.82) is 0 Å². The van der Waals surface area contributed by atoms with E-state index in [1.807, 2.05) is 25.1 Å². The van der Waals surface area contributed by atoms with Gasteiger partial charge in [-0.2, -0.15) is 0 Å². The van der Waals surface area contributed by atoms with Crippen LogP contribution in [-0.2, 0) is 29.0 Å². The second-order valence-corrected chi connectivity index (χ2v) is 8.47. The van der Waals surface area contributed by atoms with Gasteiger partial charge in [-0.25, -0.2) is 0 Å². The van der Waals surface area contributed by atoms with E-state index in [0.717, 1.165) is 18.5 Å². The molecule has 6 heteroatoms. The molecule has 1 aromatic carbocycles. The molecule has 1 fully saturated rings. The molecule has 1 N–H and O–H groups in total. The molecule has 6 nitrogen and oxygen atoms in total. The Kier molecular flexibility index (Phi) is 4.96. The van der Waals surface area contributed by atoms with E-state index in [9.17, 15) is 9.59 Å². The second kappa shape index (κ2) is 7.41. The lowest BCUT2D eigenvalue weighted by molar-refractivity contribution is -0.152. The van der Waals surface area contributed by atoms with Crippen LogP contribution >= 0.6 is 0 Å². The quantitative estimate of drug-likeness (QED) is 0.864. The van der Waals surface area contributed by atoms with Gasteiger partial charge in [0.05, 0.1) is 12.2 Å². The van der Waals surface area contributed by atoms with Crippen molar-refractivity contribution in [3.63, 3.8) is 0 Å². The first kappa shape index (κ1) is 18.7. The molecule has 4 rings (SSSR count). The number of nitrogens with zero attached hydrogens (tertiary/aromatic N) is 2. The highest BCUT2D eigenvalue weighted by molar-refractivity contribution is 5.97. The van der Waals surface area contributed by atoms with Crippen LogP contribution in [-0.4, -0.2) is 34.0 Å². The molecule has 148 valence electrons. The number of piperazine rings is 1. The Balaban J connectivity index is 1.58. The van der Waals surface area contributed by atoms with Gasteiger partial charge in [0.2, 0.25) is 11.8 Å². The average molecular weight is 381 g/mol. The minimum atomic E-state index is -0.493. The molecular weight excluding hydrogens is 354 g/mol. The molecule has 1 aromatic heterocycles. The molecule has 2 amide bonds. The van der Waals surface area contributed by atoms with Crippen molar-refractivity contribution < 1.29 is 14.1 Å². The van der Waals surface area contributed by atoms with Crippen LogP contribution < -0.4 is 5.32 Å². The number of benzene rings is 1. The normalized spacial score (nSPS) is 22.6. The zero-order chi connectivity index (χ0) is 19.8. The van der Waals surface area contributed by atoms with E-state index >= 15 is 0 Å². The van der Waals surface area contributed by atoms with Gasteiger partial charge in [0, 0.05) is 6.07 Å². The average Bonchev–Trinajstić information content (AvgIpc) is 3.26. The van der Waals surface area contributed by atoms with Gasteiger partial charge < -0.3 is 14.7 Å². The summed E-state index contributed by atoms with van der Waals surface area (Å²) in [6, 6.07) is 9.14. The van der Waals surface area contributed by atoms with Crippen molar-refractivity contribution in [2.24, 2.45) is 11.8 Å². The highest BCUT2D eigenvalue weighted by Crippen LogP contribution is 2.32. The molecule has 0 spiro atoms. The minimum absolute atomic E-state index is 0.0166. The largest absolute Gasteiger partial charge is 0.359 e. The molecule has 2 heterocycles. The third-order valence-corrected chi connectivity index (χ3v) is 5.78. The summed E-state index contributed by atoms with van der Waals surface area (Å²) >= 11 is 0. The summed E-state index contributed by atoms with van der Waals surface area (Å²) in [5, 5.41) is 6.97. The molecule has 1 saturated heterocycles. The van der Waals surface area contributed by atoms with Crippen molar-refractivity contribution in [2.45, 2.75) is 58.7 Å². The number of rotatable bonds is 5. The van der Waals surface area contributed by atoms with Gasteiger partial charge in [0.1, 0.15) is 12.1 Å². The van der Waals surface area contributed by atoms with Gasteiger partial charge >= 0.3 is 0 Å². The Morgan fingerprint density at radius 2 is 1.89 bits per heavy atom. The SMILES string of the molecule is Cc1cc(CN2C(=O)[C@@H](C3Cc4ccccc4C3)NC(=O)[C@H]2CC(C)C)on1. The smallest absolute Gasteiger partial charge is 0.246 e. The van der Waals surface area contributed by atoms with E-state index in [2.05, 4.69) is 36.5 Å². The standard InChI is InChI=1S/C22H27N3O3/c1-13(2)8-19-21(26)23-20(17-10-15-6-4-5-7-16(15)11-17)22(27)25(19)12-18-9-14(3)24-28-18/h4-7,9,13,17,19-20H,8,10-12H2,1-3H3,(H,23,26)/t19-,20-/m1/s1. The number of aromatic nitrogens is 1. The fourth-order valence-corrected chi connectivity index (χ4v) is 4.46. The van der Waals surface area contributed by atoms with Crippen molar-refractivity contribution in [1.82, 2.24) is 15.4 Å². The minimum Gasteiger partial charge on any atom is -0.359 e. The molecule has 2 aliphatic rings. The first-order valence-corrected chi connectivity index (χ1v) is 10.0. The van der Waals surface area contributed by atoms with E-state index in [1.54, 1.807) is 4.90 Å². The number of aryl methyl sites for hydroxylation is 1. The van der Waals surface area contributed by atoms with Gasteiger partial charge in [0.25, 0.3) is 0 Å². The number of carbonyl (C=O) groups is 2. The number of hydrogen-bond acceptors (Lipinski definition) is 4. The number of fused-ring (bicyclic) bond motifs is 1. The molecule has 28 heavy (non-hydrogen) atoms.